The minimum atomic E-state index is -0.476. The number of hydrogen-bond donors (Lipinski definition) is 0. The summed E-state index contributed by atoms with van der Waals surface area (Å²) in [7, 11) is 0. The Labute approximate surface area is 168 Å². The minimum Gasteiger partial charge on any atom is -0.490 e. The Balaban J connectivity index is 2.50. The molecule has 0 aliphatic rings. The van der Waals surface area contributed by atoms with E-state index in [1.165, 1.54) is 24.0 Å². The van der Waals surface area contributed by atoms with Crippen molar-refractivity contribution in [3.8, 4) is 11.5 Å². The van der Waals surface area contributed by atoms with Gasteiger partial charge in [-0.3, -0.25) is 10.1 Å². The molecule has 0 spiro atoms. The quantitative estimate of drug-likeness (QED) is 0.253. The summed E-state index contributed by atoms with van der Waals surface area (Å²) >= 11 is 1.42. The third-order valence-electron chi connectivity index (χ3n) is 3.66. The number of nitro groups is 1. The van der Waals surface area contributed by atoms with E-state index in [4.69, 9.17) is 9.47 Å². The number of thioether (sulfide) groups is 1. The lowest BCUT2D eigenvalue weighted by Crippen LogP contribution is -2.05. The first-order chi connectivity index (χ1) is 13.4. The monoisotopic (exact) mass is 407 g/mol. The van der Waals surface area contributed by atoms with E-state index in [1.54, 1.807) is 10.7 Å². The van der Waals surface area contributed by atoms with Crippen molar-refractivity contribution >= 4 is 23.7 Å². The second-order valence-corrected chi connectivity index (χ2v) is 6.94. The van der Waals surface area contributed by atoms with Gasteiger partial charge in [0.2, 0.25) is 10.9 Å². The normalized spacial score (nSPS) is 11.4. The van der Waals surface area contributed by atoms with Gasteiger partial charge < -0.3 is 9.47 Å². The molecule has 0 fully saturated rings. The molecule has 1 heterocycles. The van der Waals surface area contributed by atoms with Crippen LogP contribution in [0, 0.1) is 10.1 Å². The lowest BCUT2D eigenvalue weighted by Gasteiger charge is -2.12. The molecule has 0 saturated heterocycles. The summed E-state index contributed by atoms with van der Waals surface area (Å²) in [5, 5.41) is 24.9. The van der Waals surface area contributed by atoms with E-state index in [1.807, 2.05) is 34.0 Å². The summed E-state index contributed by atoms with van der Waals surface area (Å²) in [6, 6.07) is 3.11. The second-order valence-electron chi connectivity index (χ2n) is 6.16. The van der Waals surface area contributed by atoms with Crippen molar-refractivity contribution in [2.75, 3.05) is 19.5 Å². The molecule has 10 heteroatoms. The molecular formula is C18H25N5O4S. The van der Waals surface area contributed by atoms with Gasteiger partial charge in [-0.05, 0) is 25.7 Å². The minimum absolute atomic E-state index is 0.128. The number of rotatable bonds is 10. The van der Waals surface area contributed by atoms with E-state index < -0.39 is 4.92 Å². The van der Waals surface area contributed by atoms with Crippen molar-refractivity contribution in [3.63, 3.8) is 0 Å². The van der Waals surface area contributed by atoms with Crippen LogP contribution in [0.4, 0.5) is 5.69 Å². The van der Waals surface area contributed by atoms with Crippen molar-refractivity contribution in [3.05, 3.63) is 33.6 Å². The Hall–Kier alpha value is -2.62. The van der Waals surface area contributed by atoms with Crippen molar-refractivity contribution in [1.29, 1.82) is 0 Å². The van der Waals surface area contributed by atoms with E-state index in [0.29, 0.717) is 35.5 Å². The molecular weight excluding hydrogens is 382 g/mol. The maximum atomic E-state index is 11.6. The van der Waals surface area contributed by atoms with Crippen LogP contribution in [0.15, 0.2) is 22.4 Å². The fourth-order valence-corrected chi connectivity index (χ4v) is 2.86. The van der Waals surface area contributed by atoms with Gasteiger partial charge in [0, 0.05) is 17.5 Å². The Morgan fingerprint density at radius 3 is 2.64 bits per heavy atom. The van der Waals surface area contributed by atoms with Crippen LogP contribution in [0.1, 0.15) is 51.4 Å². The standard InChI is InChI=1S/C18H25N5O4S/c1-6-8-27-16-14(23(24)25)9-13(10-15(16)26-7-2)11-19-22-17(12(3)4)20-21-18(22)28-5/h9-12H,6-8H2,1-5H3/b19-11-. The van der Waals surface area contributed by atoms with Crippen LogP contribution < -0.4 is 9.47 Å². The Morgan fingerprint density at radius 2 is 2.07 bits per heavy atom. The maximum Gasteiger partial charge on any atom is 0.315 e. The molecule has 0 aliphatic heterocycles. The van der Waals surface area contributed by atoms with E-state index in [2.05, 4.69) is 15.3 Å². The molecule has 28 heavy (non-hydrogen) atoms. The third-order valence-corrected chi connectivity index (χ3v) is 4.28. The van der Waals surface area contributed by atoms with Crippen LogP contribution in [-0.2, 0) is 0 Å². The first-order valence-corrected chi connectivity index (χ1v) is 10.3. The average Bonchev–Trinajstić information content (AvgIpc) is 3.08. The summed E-state index contributed by atoms with van der Waals surface area (Å²) in [6.07, 6.45) is 4.15. The first-order valence-electron chi connectivity index (χ1n) is 9.04. The van der Waals surface area contributed by atoms with Gasteiger partial charge in [-0.25, -0.2) is 0 Å². The molecule has 2 aromatic rings. The van der Waals surface area contributed by atoms with E-state index in [0.717, 1.165) is 6.42 Å². The van der Waals surface area contributed by atoms with Crippen LogP contribution in [-0.4, -0.2) is 45.5 Å². The van der Waals surface area contributed by atoms with Crippen molar-refractivity contribution < 1.29 is 14.4 Å². The fraction of sp³-hybridized carbons (Fsp3) is 0.500. The number of nitrogens with zero attached hydrogens (tertiary/aromatic N) is 5. The molecule has 2 rings (SSSR count). The molecule has 0 unspecified atom stereocenters. The lowest BCUT2D eigenvalue weighted by molar-refractivity contribution is -0.386. The average molecular weight is 407 g/mol. The lowest BCUT2D eigenvalue weighted by atomic mass is 10.2. The molecule has 0 saturated carbocycles. The fourth-order valence-electron chi connectivity index (χ4n) is 2.43. The molecule has 9 nitrogen and oxygen atoms in total. The summed E-state index contributed by atoms with van der Waals surface area (Å²) in [5.74, 6) is 1.30. The highest BCUT2D eigenvalue weighted by Crippen LogP contribution is 2.38. The molecule has 0 N–H and O–H groups in total. The van der Waals surface area contributed by atoms with Crippen LogP contribution in [0.25, 0.3) is 0 Å². The smallest absolute Gasteiger partial charge is 0.315 e. The predicted molar refractivity (Wildman–Crippen MR) is 109 cm³/mol. The zero-order valence-electron chi connectivity index (χ0n) is 16.7. The van der Waals surface area contributed by atoms with Gasteiger partial charge in [0.1, 0.15) is 0 Å². The van der Waals surface area contributed by atoms with Gasteiger partial charge >= 0.3 is 5.69 Å². The van der Waals surface area contributed by atoms with Crippen molar-refractivity contribution in [2.45, 2.75) is 45.2 Å². The Morgan fingerprint density at radius 1 is 1.32 bits per heavy atom. The molecule has 1 aromatic carbocycles. The molecule has 0 bridgehead atoms. The van der Waals surface area contributed by atoms with Crippen molar-refractivity contribution in [1.82, 2.24) is 14.9 Å². The third kappa shape index (κ3) is 5.00. The largest absolute Gasteiger partial charge is 0.490 e. The number of hydrogen-bond acceptors (Lipinski definition) is 8. The zero-order valence-corrected chi connectivity index (χ0v) is 17.5. The summed E-state index contributed by atoms with van der Waals surface area (Å²) in [5.41, 5.74) is 0.369. The molecule has 0 atom stereocenters. The predicted octanol–water partition coefficient (Wildman–Crippen LogP) is 4.10. The zero-order chi connectivity index (χ0) is 20.7. The van der Waals surface area contributed by atoms with Gasteiger partial charge in [0.25, 0.3) is 0 Å². The number of benzene rings is 1. The van der Waals surface area contributed by atoms with E-state index in [9.17, 15) is 10.1 Å². The molecule has 0 aliphatic carbocycles. The summed E-state index contributed by atoms with van der Waals surface area (Å²) < 4.78 is 12.8. The second kappa shape index (κ2) is 10.1. The first kappa shape index (κ1) is 21.7. The van der Waals surface area contributed by atoms with Crippen LogP contribution in [0.5, 0.6) is 11.5 Å². The number of nitro benzene ring substituents is 1. The molecule has 0 amide bonds. The Bertz CT molecular complexity index is 851. The van der Waals surface area contributed by atoms with Crippen LogP contribution in [0.3, 0.4) is 0 Å². The van der Waals surface area contributed by atoms with Crippen LogP contribution >= 0.6 is 11.8 Å². The van der Waals surface area contributed by atoms with Crippen molar-refractivity contribution in [2.24, 2.45) is 5.10 Å². The molecule has 152 valence electrons. The highest BCUT2D eigenvalue weighted by molar-refractivity contribution is 7.98. The SMILES string of the molecule is CCCOc1c(OCC)cc(/C=N\n2c(SC)nnc2C(C)C)cc1[N+](=O)[O-]. The topological polar surface area (TPSA) is 105 Å². The van der Waals surface area contributed by atoms with Gasteiger partial charge in [-0.2, -0.15) is 9.78 Å². The van der Waals surface area contributed by atoms with Gasteiger partial charge in [0.05, 0.1) is 24.4 Å². The molecule has 0 radical (unpaired) electrons. The van der Waals surface area contributed by atoms with Crippen LogP contribution in [0.2, 0.25) is 0 Å². The van der Waals surface area contributed by atoms with E-state index >= 15 is 0 Å². The maximum absolute atomic E-state index is 11.6. The van der Waals surface area contributed by atoms with Gasteiger partial charge in [0.15, 0.2) is 11.6 Å². The molecule has 1 aromatic heterocycles. The van der Waals surface area contributed by atoms with Gasteiger partial charge in [-0.15, -0.1) is 10.2 Å². The number of ether oxygens (including phenoxy) is 2. The summed E-state index contributed by atoms with van der Waals surface area (Å²) in [4.78, 5) is 11.1. The Kier molecular flexibility index (Phi) is 7.80. The number of aromatic nitrogens is 3. The summed E-state index contributed by atoms with van der Waals surface area (Å²) in [6.45, 7) is 8.47. The van der Waals surface area contributed by atoms with Gasteiger partial charge in [-0.1, -0.05) is 32.5 Å². The van der Waals surface area contributed by atoms with E-state index in [-0.39, 0.29) is 17.4 Å². The highest BCUT2D eigenvalue weighted by atomic mass is 32.2. The highest BCUT2D eigenvalue weighted by Gasteiger charge is 2.22.